The van der Waals surface area contributed by atoms with E-state index in [1.807, 2.05) is 19.1 Å². The first-order chi connectivity index (χ1) is 9.60. The summed E-state index contributed by atoms with van der Waals surface area (Å²) in [6.45, 7) is 5.15. The summed E-state index contributed by atoms with van der Waals surface area (Å²) < 4.78 is 0. The van der Waals surface area contributed by atoms with Crippen LogP contribution in [0.1, 0.15) is 35.7 Å². The lowest BCUT2D eigenvalue weighted by molar-refractivity contribution is 0.519. The standard InChI is InChI=1S/C15H18Cl2N2S/c1-3-6-18-14(15-9-20-10(2)19-15)7-11-4-5-12(16)8-13(11)17/h4-5,8-9,14,18H,3,6-7H2,1-2H3. The molecule has 5 heteroatoms. The number of halogens is 2. The molecular formula is C15H18Cl2N2S. The topological polar surface area (TPSA) is 24.9 Å². The van der Waals surface area contributed by atoms with Crippen LogP contribution in [0.2, 0.25) is 10.0 Å². The monoisotopic (exact) mass is 328 g/mol. The van der Waals surface area contributed by atoms with Crippen LogP contribution in [-0.4, -0.2) is 11.5 Å². The highest BCUT2D eigenvalue weighted by Gasteiger charge is 2.16. The number of rotatable bonds is 6. The third-order valence-electron chi connectivity index (χ3n) is 3.07. The average molecular weight is 329 g/mol. The molecule has 0 bridgehead atoms. The van der Waals surface area contributed by atoms with E-state index in [0.717, 1.165) is 35.7 Å². The van der Waals surface area contributed by atoms with Gasteiger partial charge < -0.3 is 5.32 Å². The Bertz CT molecular complexity index is 569. The van der Waals surface area contributed by atoms with E-state index in [1.54, 1.807) is 17.4 Å². The van der Waals surface area contributed by atoms with Crippen LogP contribution in [0.5, 0.6) is 0 Å². The molecule has 0 saturated heterocycles. The van der Waals surface area contributed by atoms with Gasteiger partial charge in [-0.1, -0.05) is 36.2 Å². The van der Waals surface area contributed by atoms with Gasteiger partial charge in [0.05, 0.1) is 16.7 Å². The Morgan fingerprint density at radius 1 is 1.35 bits per heavy atom. The second-order valence-electron chi connectivity index (χ2n) is 4.74. The molecule has 2 rings (SSSR count). The van der Waals surface area contributed by atoms with Gasteiger partial charge in [0.1, 0.15) is 0 Å². The zero-order chi connectivity index (χ0) is 14.5. The first-order valence-electron chi connectivity index (χ1n) is 6.69. The summed E-state index contributed by atoms with van der Waals surface area (Å²) in [4.78, 5) is 4.59. The minimum atomic E-state index is 0.193. The SMILES string of the molecule is CCCNC(Cc1ccc(Cl)cc1Cl)c1csc(C)n1. The minimum Gasteiger partial charge on any atom is -0.308 e. The first kappa shape index (κ1) is 15.8. The van der Waals surface area contributed by atoms with Crippen LogP contribution in [0.4, 0.5) is 0 Å². The van der Waals surface area contributed by atoms with Crippen LogP contribution in [0.3, 0.4) is 0 Å². The third kappa shape index (κ3) is 4.19. The number of thiazole rings is 1. The smallest absolute Gasteiger partial charge is 0.0898 e. The lowest BCUT2D eigenvalue weighted by Gasteiger charge is -2.17. The molecule has 0 aliphatic rings. The van der Waals surface area contributed by atoms with Crippen molar-refractivity contribution in [1.29, 1.82) is 0 Å². The largest absolute Gasteiger partial charge is 0.308 e. The normalized spacial score (nSPS) is 12.6. The van der Waals surface area contributed by atoms with E-state index in [4.69, 9.17) is 23.2 Å². The number of hydrogen-bond donors (Lipinski definition) is 1. The maximum atomic E-state index is 6.27. The van der Waals surface area contributed by atoms with E-state index < -0.39 is 0 Å². The summed E-state index contributed by atoms with van der Waals surface area (Å²) in [5.74, 6) is 0. The predicted molar refractivity (Wildman–Crippen MR) is 88.1 cm³/mol. The number of aryl methyl sites for hydroxylation is 1. The highest BCUT2D eigenvalue weighted by molar-refractivity contribution is 7.09. The van der Waals surface area contributed by atoms with Gasteiger partial charge in [-0.05, 0) is 44.0 Å². The van der Waals surface area contributed by atoms with Gasteiger partial charge in [-0.3, -0.25) is 0 Å². The summed E-state index contributed by atoms with van der Waals surface area (Å²) >= 11 is 13.9. The quantitative estimate of drug-likeness (QED) is 0.803. The van der Waals surface area contributed by atoms with Crippen LogP contribution < -0.4 is 5.32 Å². The van der Waals surface area contributed by atoms with E-state index in [2.05, 4.69) is 22.6 Å². The van der Waals surface area contributed by atoms with Crippen molar-refractivity contribution in [2.75, 3.05) is 6.54 Å². The zero-order valence-electron chi connectivity index (χ0n) is 11.6. The van der Waals surface area contributed by atoms with Crippen molar-refractivity contribution in [2.24, 2.45) is 0 Å². The number of nitrogens with one attached hydrogen (secondary N) is 1. The highest BCUT2D eigenvalue weighted by Crippen LogP contribution is 2.26. The van der Waals surface area contributed by atoms with Gasteiger partial charge in [-0.15, -0.1) is 11.3 Å². The number of nitrogens with zero attached hydrogens (tertiary/aromatic N) is 1. The van der Waals surface area contributed by atoms with Crippen molar-refractivity contribution in [3.8, 4) is 0 Å². The summed E-state index contributed by atoms with van der Waals surface area (Å²) in [6, 6.07) is 5.86. The molecule has 0 aliphatic carbocycles. The van der Waals surface area contributed by atoms with Crippen molar-refractivity contribution in [2.45, 2.75) is 32.7 Å². The maximum Gasteiger partial charge on any atom is 0.0898 e. The molecule has 0 spiro atoms. The van der Waals surface area contributed by atoms with Crippen LogP contribution in [0.25, 0.3) is 0 Å². The summed E-state index contributed by atoms with van der Waals surface area (Å²) in [5.41, 5.74) is 2.18. The summed E-state index contributed by atoms with van der Waals surface area (Å²) in [7, 11) is 0. The molecule has 1 N–H and O–H groups in total. The average Bonchev–Trinajstić information content (AvgIpc) is 2.83. The van der Waals surface area contributed by atoms with Gasteiger partial charge in [0.15, 0.2) is 0 Å². The fourth-order valence-electron chi connectivity index (χ4n) is 2.05. The fourth-order valence-corrected chi connectivity index (χ4v) is 3.20. The Morgan fingerprint density at radius 3 is 2.75 bits per heavy atom. The third-order valence-corrected chi connectivity index (χ3v) is 4.45. The molecule has 1 atom stereocenters. The van der Waals surface area contributed by atoms with Crippen LogP contribution in [0, 0.1) is 6.92 Å². The van der Waals surface area contributed by atoms with Crippen molar-refractivity contribution in [3.05, 3.63) is 49.9 Å². The summed E-state index contributed by atoms with van der Waals surface area (Å²) in [6.07, 6.45) is 1.91. The molecule has 1 unspecified atom stereocenters. The van der Waals surface area contributed by atoms with E-state index in [9.17, 15) is 0 Å². The molecule has 1 aromatic carbocycles. The first-order valence-corrected chi connectivity index (χ1v) is 8.33. The molecule has 0 fully saturated rings. The Kier molecular flexibility index (Phi) is 5.85. The molecule has 0 aliphatic heterocycles. The van der Waals surface area contributed by atoms with Gasteiger partial charge in [0.25, 0.3) is 0 Å². The van der Waals surface area contributed by atoms with Crippen molar-refractivity contribution in [1.82, 2.24) is 10.3 Å². The maximum absolute atomic E-state index is 6.27. The van der Waals surface area contributed by atoms with Gasteiger partial charge in [-0.2, -0.15) is 0 Å². The van der Waals surface area contributed by atoms with E-state index in [1.165, 1.54) is 0 Å². The van der Waals surface area contributed by atoms with Gasteiger partial charge in [0.2, 0.25) is 0 Å². The van der Waals surface area contributed by atoms with Gasteiger partial charge in [-0.25, -0.2) is 4.98 Å². The van der Waals surface area contributed by atoms with E-state index >= 15 is 0 Å². The minimum absolute atomic E-state index is 0.193. The zero-order valence-corrected chi connectivity index (χ0v) is 13.9. The van der Waals surface area contributed by atoms with E-state index in [0.29, 0.717) is 10.0 Å². The highest BCUT2D eigenvalue weighted by atomic mass is 35.5. The predicted octanol–water partition coefficient (Wildman–Crippen LogP) is 5.04. The second kappa shape index (κ2) is 7.41. The molecule has 0 radical (unpaired) electrons. The molecule has 108 valence electrons. The molecule has 20 heavy (non-hydrogen) atoms. The van der Waals surface area contributed by atoms with Crippen molar-refractivity contribution in [3.63, 3.8) is 0 Å². The number of benzene rings is 1. The molecule has 2 aromatic rings. The molecule has 0 amide bonds. The molecular weight excluding hydrogens is 311 g/mol. The lowest BCUT2D eigenvalue weighted by Crippen LogP contribution is -2.24. The van der Waals surface area contributed by atoms with E-state index in [-0.39, 0.29) is 6.04 Å². The Balaban J connectivity index is 2.18. The van der Waals surface area contributed by atoms with Crippen LogP contribution in [-0.2, 0) is 6.42 Å². The van der Waals surface area contributed by atoms with Gasteiger partial charge in [0, 0.05) is 15.4 Å². The molecule has 1 heterocycles. The number of aromatic nitrogens is 1. The van der Waals surface area contributed by atoms with Gasteiger partial charge >= 0.3 is 0 Å². The van der Waals surface area contributed by atoms with Crippen LogP contribution in [0.15, 0.2) is 23.6 Å². The molecule has 1 aromatic heterocycles. The van der Waals surface area contributed by atoms with Crippen molar-refractivity contribution < 1.29 is 0 Å². The summed E-state index contributed by atoms with van der Waals surface area (Å²) in [5, 5.41) is 8.13. The molecule has 2 nitrogen and oxygen atoms in total. The Morgan fingerprint density at radius 2 is 2.15 bits per heavy atom. The number of hydrogen-bond acceptors (Lipinski definition) is 3. The second-order valence-corrected chi connectivity index (χ2v) is 6.64. The Hall–Kier alpha value is -0.610. The fraction of sp³-hybridized carbons (Fsp3) is 0.400. The molecule has 0 saturated carbocycles. The Labute approximate surface area is 134 Å². The van der Waals surface area contributed by atoms with Crippen LogP contribution >= 0.6 is 34.5 Å². The lowest BCUT2D eigenvalue weighted by atomic mass is 10.0. The van der Waals surface area contributed by atoms with Crippen molar-refractivity contribution >= 4 is 34.5 Å².